The molecule has 1 unspecified atom stereocenters. The van der Waals surface area contributed by atoms with E-state index < -0.39 is 9.04 Å². The number of carbonyl (C=O) groups is 1. The van der Waals surface area contributed by atoms with Crippen LogP contribution in [0.25, 0.3) is 0 Å². The zero-order valence-corrected chi connectivity index (χ0v) is 10.4. The van der Waals surface area contributed by atoms with Crippen molar-refractivity contribution in [2.24, 2.45) is 5.41 Å². The van der Waals surface area contributed by atoms with Gasteiger partial charge in [-0.1, -0.05) is 27.4 Å². The fourth-order valence-electron chi connectivity index (χ4n) is 1.18. The van der Waals surface area contributed by atoms with Crippen molar-refractivity contribution in [3.63, 3.8) is 0 Å². The van der Waals surface area contributed by atoms with Crippen LogP contribution in [-0.2, 0) is 9.22 Å². The fourth-order valence-corrected chi connectivity index (χ4v) is 2.31. The van der Waals surface area contributed by atoms with E-state index in [1.165, 1.54) is 0 Å². The minimum Gasteiger partial charge on any atom is -0.413 e. The predicted molar refractivity (Wildman–Crippen MR) is 58.4 cm³/mol. The van der Waals surface area contributed by atoms with Crippen LogP contribution in [0.5, 0.6) is 0 Å². The first-order chi connectivity index (χ1) is 5.79. The Morgan fingerprint density at radius 3 is 2.15 bits per heavy atom. The number of rotatable bonds is 4. The Bertz CT molecular complexity index is 192. The summed E-state index contributed by atoms with van der Waals surface area (Å²) in [5, 5.41) is 0. The molecule has 0 heterocycles. The van der Waals surface area contributed by atoms with E-state index in [0.29, 0.717) is 5.57 Å². The molecule has 0 amide bonds. The molecule has 2 nitrogen and oxygen atoms in total. The third kappa shape index (κ3) is 4.38. The zero-order valence-electron chi connectivity index (χ0n) is 9.26. The van der Waals surface area contributed by atoms with Gasteiger partial charge in [-0.05, 0) is 18.5 Å². The summed E-state index contributed by atoms with van der Waals surface area (Å²) < 4.78 is 5.78. The van der Waals surface area contributed by atoms with E-state index in [1.807, 2.05) is 0 Å². The van der Waals surface area contributed by atoms with Crippen LogP contribution in [0.2, 0.25) is 13.1 Å². The van der Waals surface area contributed by atoms with Crippen LogP contribution in [0, 0.1) is 5.41 Å². The second-order valence-electron chi connectivity index (χ2n) is 4.62. The van der Waals surface area contributed by atoms with Crippen molar-refractivity contribution in [2.45, 2.75) is 40.0 Å². The van der Waals surface area contributed by atoms with Crippen LogP contribution in [0.1, 0.15) is 20.8 Å². The van der Waals surface area contributed by atoms with Crippen molar-refractivity contribution in [1.29, 1.82) is 0 Å². The summed E-state index contributed by atoms with van der Waals surface area (Å²) in [4.78, 5) is 10.6. The number of aldehydes is 1. The lowest BCUT2D eigenvalue weighted by atomic mass is 9.85. The molecule has 0 spiro atoms. The van der Waals surface area contributed by atoms with E-state index in [0.717, 1.165) is 6.29 Å². The molecule has 0 N–H and O–H groups in total. The van der Waals surface area contributed by atoms with Gasteiger partial charge in [0.25, 0.3) is 0 Å². The molecule has 0 fully saturated rings. The monoisotopic (exact) mass is 200 g/mol. The Morgan fingerprint density at radius 1 is 1.46 bits per heavy atom. The molecule has 1 atom stereocenters. The molecule has 0 aliphatic heterocycles. The summed E-state index contributed by atoms with van der Waals surface area (Å²) >= 11 is 0. The standard InChI is InChI=1S/C10H20O2Si/c1-8(7-11)9(10(2,3)4)12-13(5)6/h7,9,13H,1H2,2-6H3. The average molecular weight is 200 g/mol. The maximum absolute atomic E-state index is 10.6. The number of carbonyl (C=O) groups excluding carboxylic acids is 1. The van der Waals surface area contributed by atoms with Crippen LogP contribution in [0.4, 0.5) is 0 Å². The Balaban J connectivity index is 4.56. The first-order valence-electron chi connectivity index (χ1n) is 4.58. The summed E-state index contributed by atoms with van der Waals surface area (Å²) in [6, 6.07) is 0. The highest BCUT2D eigenvalue weighted by Crippen LogP contribution is 2.27. The lowest BCUT2D eigenvalue weighted by Gasteiger charge is -2.32. The molecule has 0 aliphatic rings. The van der Waals surface area contributed by atoms with E-state index in [-0.39, 0.29) is 11.5 Å². The quantitative estimate of drug-likeness (QED) is 0.395. The highest BCUT2D eigenvalue weighted by Gasteiger charge is 2.28. The van der Waals surface area contributed by atoms with E-state index in [9.17, 15) is 4.79 Å². The SMILES string of the molecule is C=C(C=O)C(O[SiH](C)C)C(C)(C)C. The van der Waals surface area contributed by atoms with Gasteiger partial charge < -0.3 is 4.43 Å². The highest BCUT2D eigenvalue weighted by atomic mass is 28.3. The lowest BCUT2D eigenvalue weighted by Crippen LogP contribution is -2.35. The van der Waals surface area contributed by atoms with E-state index >= 15 is 0 Å². The zero-order chi connectivity index (χ0) is 10.6. The molecule has 0 saturated heterocycles. The number of hydrogen-bond donors (Lipinski definition) is 0. The van der Waals surface area contributed by atoms with Gasteiger partial charge in [0, 0.05) is 5.57 Å². The van der Waals surface area contributed by atoms with Crippen LogP contribution >= 0.6 is 0 Å². The summed E-state index contributed by atoms with van der Waals surface area (Å²) in [7, 11) is -1.12. The van der Waals surface area contributed by atoms with E-state index in [2.05, 4.69) is 40.4 Å². The molecule has 76 valence electrons. The third-order valence-electron chi connectivity index (χ3n) is 1.68. The van der Waals surface area contributed by atoms with Crippen LogP contribution in [0.3, 0.4) is 0 Å². The fraction of sp³-hybridized carbons (Fsp3) is 0.700. The predicted octanol–water partition coefficient (Wildman–Crippen LogP) is 2.16. The molecule has 0 aromatic heterocycles. The largest absolute Gasteiger partial charge is 0.413 e. The maximum atomic E-state index is 10.6. The molecule has 13 heavy (non-hydrogen) atoms. The first-order valence-corrected chi connectivity index (χ1v) is 7.36. The van der Waals surface area contributed by atoms with Gasteiger partial charge in [-0.2, -0.15) is 0 Å². The van der Waals surface area contributed by atoms with Gasteiger partial charge in [-0.3, -0.25) is 4.79 Å². The van der Waals surface area contributed by atoms with Crippen molar-refractivity contribution in [2.75, 3.05) is 0 Å². The lowest BCUT2D eigenvalue weighted by molar-refractivity contribution is -0.106. The van der Waals surface area contributed by atoms with Crippen molar-refractivity contribution in [3.8, 4) is 0 Å². The van der Waals surface area contributed by atoms with Gasteiger partial charge in [0.2, 0.25) is 0 Å². The van der Waals surface area contributed by atoms with Crippen molar-refractivity contribution in [3.05, 3.63) is 12.2 Å². The topological polar surface area (TPSA) is 26.3 Å². The summed E-state index contributed by atoms with van der Waals surface area (Å²) in [6.07, 6.45) is 0.670. The molecule has 0 rings (SSSR count). The summed E-state index contributed by atoms with van der Waals surface area (Å²) in [5.74, 6) is 0. The second kappa shape index (κ2) is 4.72. The van der Waals surface area contributed by atoms with Gasteiger partial charge in [0.1, 0.15) is 6.29 Å². The van der Waals surface area contributed by atoms with Crippen LogP contribution in [-0.4, -0.2) is 21.4 Å². The van der Waals surface area contributed by atoms with Crippen molar-refractivity contribution < 1.29 is 9.22 Å². The molecule has 0 radical (unpaired) electrons. The van der Waals surface area contributed by atoms with Gasteiger partial charge in [-0.15, -0.1) is 0 Å². The summed E-state index contributed by atoms with van der Waals surface area (Å²) in [6.45, 7) is 14.1. The second-order valence-corrected chi connectivity index (χ2v) is 6.99. The van der Waals surface area contributed by atoms with Crippen molar-refractivity contribution >= 4 is 15.3 Å². The molecule has 0 bridgehead atoms. The summed E-state index contributed by atoms with van der Waals surface area (Å²) in [5.41, 5.74) is 0.503. The van der Waals surface area contributed by atoms with Gasteiger partial charge in [-0.25, -0.2) is 0 Å². The van der Waals surface area contributed by atoms with Gasteiger partial charge in [0.15, 0.2) is 9.04 Å². The minimum absolute atomic E-state index is 0.0464. The molecule has 0 aromatic rings. The van der Waals surface area contributed by atoms with Crippen LogP contribution < -0.4 is 0 Å². The molecule has 0 aromatic carbocycles. The third-order valence-corrected chi connectivity index (χ3v) is 2.50. The number of hydrogen-bond acceptors (Lipinski definition) is 2. The molecule has 0 saturated carbocycles. The molecule has 3 heteroatoms. The van der Waals surface area contributed by atoms with Crippen LogP contribution in [0.15, 0.2) is 12.2 Å². The normalized spacial score (nSPS) is 14.3. The smallest absolute Gasteiger partial charge is 0.171 e. The maximum Gasteiger partial charge on any atom is 0.171 e. The van der Waals surface area contributed by atoms with Gasteiger partial charge in [0.05, 0.1) is 6.10 Å². The average Bonchev–Trinajstić information content (AvgIpc) is 1.96. The van der Waals surface area contributed by atoms with E-state index in [1.54, 1.807) is 0 Å². The Labute approximate surface area is 82.7 Å². The van der Waals surface area contributed by atoms with Gasteiger partial charge >= 0.3 is 0 Å². The Morgan fingerprint density at radius 2 is 1.92 bits per heavy atom. The first kappa shape index (κ1) is 12.6. The molecular formula is C10H20O2Si. The molecule has 0 aliphatic carbocycles. The highest BCUT2D eigenvalue weighted by molar-refractivity contribution is 6.48. The Hall–Kier alpha value is -0.413. The van der Waals surface area contributed by atoms with Crippen molar-refractivity contribution in [1.82, 2.24) is 0 Å². The minimum atomic E-state index is -1.12. The molecular weight excluding hydrogens is 180 g/mol. The Kier molecular flexibility index (Phi) is 4.57. The van der Waals surface area contributed by atoms with E-state index in [4.69, 9.17) is 4.43 Å².